The van der Waals surface area contributed by atoms with E-state index in [1.54, 1.807) is 18.4 Å². The second-order valence-electron chi connectivity index (χ2n) is 6.28. The zero-order valence-electron chi connectivity index (χ0n) is 15.2. The molecule has 0 aliphatic carbocycles. The molecule has 0 saturated carbocycles. The molecule has 0 fully saturated rings. The molecule has 2 N–H and O–H groups in total. The molecule has 0 saturated heterocycles. The Bertz CT molecular complexity index is 1280. The minimum absolute atomic E-state index is 0.408. The van der Waals surface area contributed by atoms with Crippen molar-refractivity contribution < 1.29 is 4.74 Å². The molecule has 0 atom stereocenters. The Morgan fingerprint density at radius 3 is 2.67 bits per heavy atom. The molecule has 3 heterocycles. The first-order valence-corrected chi connectivity index (χ1v) is 10.1. The molecule has 0 bridgehead atoms. The van der Waals surface area contributed by atoms with Crippen LogP contribution in [0.15, 0.2) is 12.1 Å². The fourth-order valence-corrected chi connectivity index (χ4v) is 5.18. The van der Waals surface area contributed by atoms with Gasteiger partial charge in [-0.2, -0.15) is 5.26 Å². The number of nitrogens with zero attached hydrogens (tertiary/aromatic N) is 4. The lowest BCUT2D eigenvalue weighted by Crippen LogP contribution is -2.06. The van der Waals surface area contributed by atoms with E-state index in [1.165, 1.54) is 0 Å². The Morgan fingerprint density at radius 2 is 2.00 bits per heavy atom. The molecule has 136 valence electrons. The van der Waals surface area contributed by atoms with Crippen LogP contribution in [0.25, 0.3) is 26.9 Å². The van der Waals surface area contributed by atoms with E-state index in [9.17, 15) is 5.26 Å². The summed E-state index contributed by atoms with van der Waals surface area (Å²) in [4.78, 5) is 9.14. The van der Waals surface area contributed by atoms with E-state index in [0.29, 0.717) is 17.0 Å². The van der Waals surface area contributed by atoms with Crippen molar-refractivity contribution in [3.63, 3.8) is 0 Å². The van der Waals surface area contributed by atoms with Crippen molar-refractivity contribution in [2.45, 2.75) is 20.8 Å². The number of pyridine rings is 1. The van der Waals surface area contributed by atoms with Gasteiger partial charge in [-0.3, -0.25) is 4.57 Å². The first kappa shape index (κ1) is 18.0. The number of aromatic nitrogens is 3. The summed E-state index contributed by atoms with van der Waals surface area (Å²) < 4.78 is 9.13. The molecule has 4 rings (SSSR count). The molecule has 0 amide bonds. The topological polar surface area (TPSA) is 89.8 Å². The number of fused-ring (bicyclic) bond motifs is 3. The Hall–Kier alpha value is -2.38. The van der Waals surface area contributed by atoms with Crippen molar-refractivity contribution in [1.82, 2.24) is 14.5 Å². The molecule has 3 aromatic heterocycles. The predicted octanol–water partition coefficient (Wildman–Crippen LogP) is 4.63. The largest absolute Gasteiger partial charge is 0.496 e. The van der Waals surface area contributed by atoms with Crippen molar-refractivity contribution in [2.75, 3.05) is 12.8 Å². The summed E-state index contributed by atoms with van der Waals surface area (Å²) in [5, 5.41) is 11.5. The molecule has 0 unspecified atom stereocenters. The molecule has 0 aliphatic rings. The van der Waals surface area contributed by atoms with Crippen molar-refractivity contribution in [3.8, 4) is 17.5 Å². The van der Waals surface area contributed by atoms with Crippen LogP contribution in [0.4, 0.5) is 5.82 Å². The van der Waals surface area contributed by atoms with Crippen LogP contribution in [0.2, 0.25) is 0 Å². The minimum Gasteiger partial charge on any atom is -0.496 e. The molecule has 1 aromatic carbocycles. The highest BCUT2D eigenvalue weighted by Crippen LogP contribution is 2.41. The van der Waals surface area contributed by atoms with Gasteiger partial charge in [0.25, 0.3) is 0 Å². The van der Waals surface area contributed by atoms with Crippen LogP contribution in [0.1, 0.15) is 21.7 Å². The Morgan fingerprint density at radius 1 is 1.26 bits per heavy atom. The van der Waals surface area contributed by atoms with Gasteiger partial charge >= 0.3 is 0 Å². The third-order valence-electron chi connectivity index (χ3n) is 4.69. The molecular weight excluding hydrogens is 473 g/mol. The average molecular weight is 489 g/mol. The zero-order chi connectivity index (χ0) is 19.5. The van der Waals surface area contributed by atoms with Gasteiger partial charge in [0.05, 0.1) is 33.4 Å². The number of halogens is 1. The van der Waals surface area contributed by atoms with E-state index in [0.717, 1.165) is 46.9 Å². The van der Waals surface area contributed by atoms with Gasteiger partial charge in [0.1, 0.15) is 26.9 Å². The third-order valence-corrected chi connectivity index (χ3v) is 6.43. The SMILES string of the molecule is COc1ccc(C)c(-n2c(N)c(C#N)c3c(I)nc4nc(C)sc4c32)c1C. The number of methoxy groups -OCH3 is 1. The van der Waals surface area contributed by atoms with Crippen LogP contribution in [-0.4, -0.2) is 21.6 Å². The fraction of sp³-hybridized carbons (Fsp3) is 0.211. The van der Waals surface area contributed by atoms with Gasteiger partial charge < -0.3 is 10.5 Å². The molecule has 8 heteroatoms. The molecule has 6 nitrogen and oxygen atoms in total. The summed E-state index contributed by atoms with van der Waals surface area (Å²) in [6.45, 7) is 5.98. The first-order valence-electron chi connectivity index (χ1n) is 8.20. The number of nitriles is 1. The fourth-order valence-electron chi connectivity index (χ4n) is 3.53. The molecule has 27 heavy (non-hydrogen) atoms. The Labute approximate surface area is 173 Å². The van der Waals surface area contributed by atoms with E-state index in [4.69, 9.17) is 10.5 Å². The van der Waals surface area contributed by atoms with Crippen LogP contribution >= 0.6 is 33.9 Å². The van der Waals surface area contributed by atoms with E-state index >= 15 is 0 Å². The zero-order valence-corrected chi connectivity index (χ0v) is 18.2. The molecular formula is C19H16IN5OS. The second-order valence-corrected chi connectivity index (χ2v) is 8.50. The van der Waals surface area contributed by atoms with Crippen molar-refractivity contribution >= 4 is 61.0 Å². The lowest BCUT2D eigenvalue weighted by Gasteiger charge is -2.17. The van der Waals surface area contributed by atoms with E-state index < -0.39 is 0 Å². The summed E-state index contributed by atoms with van der Waals surface area (Å²) >= 11 is 3.71. The highest BCUT2D eigenvalue weighted by atomic mass is 127. The smallest absolute Gasteiger partial charge is 0.173 e. The number of rotatable bonds is 2. The molecule has 0 aliphatic heterocycles. The summed E-state index contributed by atoms with van der Waals surface area (Å²) in [6, 6.07) is 6.21. The number of aryl methyl sites for hydroxylation is 2. The lowest BCUT2D eigenvalue weighted by atomic mass is 10.1. The summed E-state index contributed by atoms with van der Waals surface area (Å²) in [6.07, 6.45) is 0. The van der Waals surface area contributed by atoms with Gasteiger partial charge in [-0.25, -0.2) is 9.97 Å². The monoisotopic (exact) mass is 489 g/mol. The van der Waals surface area contributed by atoms with E-state index in [2.05, 4.69) is 38.6 Å². The summed E-state index contributed by atoms with van der Waals surface area (Å²) in [5.74, 6) is 1.18. The Kier molecular flexibility index (Phi) is 4.24. The molecule has 4 aromatic rings. The van der Waals surface area contributed by atoms with Gasteiger partial charge in [-0.1, -0.05) is 6.07 Å². The molecule has 0 spiro atoms. The predicted molar refractivity (Wildman–Crippen MR) is 117 cm³/mol. The van der Waals surface area contributed by atoms with Crippen LogP contribution in [0.5, 0.6) is 5.75 Å². The number of nitrogens with two attached hydrogens (primary N) is 1. The maximum absolute atomic E-state index is 9.81. The number of nitrogen functional groups attached to an aromatic ring is 1. The average Bonchev–Trinajstić information content (AvgIpc) is 3.13. The van der Waals surface area contributed by atoms with E-state index in [1.807, 2.05) is 37.5 Å². The number of anilines is 1. The maximum Gasteiger partial charge on any atom is 0.173 e. The number of ether oxygens (including phenoxy) is 1. The van der Waals surface area contributed by atoms with Gasteiger partial charge in [0.15, 0.2) is 5.65 Å². The van der Waals surface area contributed by atoms with Crippen LogP contribution < -0.4 is 10.5 Å². The first-order chi connectivity index (χ1) is 12.9. The second kappa shape index (κ2) is 6.35. The summed E-state index contributed by atoms with van der Waals surface area (Å²) in [7, 11) is 1.65. The van der Waals surface area contributed by atoms with Gasteiger partial charge in [-0.15, -0.1) is 11.3 Å². The van der Waals surface area contributed by atoms with Crippen molar-refractivity contribution in [3.05, 3.63) is 37.5 Å². The van der Waals surface area contributed by atoms with Gasteiger partial charge in [-0.05, 0) is 55.0 Å². The number of thiazole rings is 1. The normalized spacial score (nSPS) is 11.3. The molecule has 0 radical (unpaired) electrons. The minimum atomic E-state index is 0.408. The van der Waals surface area contributed by atoms with Gasteiger partial charge in [0, 0.05) is 5.56 Å². The third kappa shape index (κ3) is 2.49. The van der Waals surface area contributed by atoms with Crippen LogP contribution in [-0.2, 0) is 0 Å². The summed E-state index contributed by atoms with van der Waals surface area (Å²) in [5.41, 5.74) is 11.4. The van der Waals surface area contributed by atoms with Crippen molar-refractivity contribution in [1.29, 1.82) is 5.26 Å². The quantitative estimate of drug-likeness (QED) is 0.328. The van der Waals surface area contributed by atoms with Crippen molar-refractivity contribution in [2.24, 2.45) is 0 Å². The van der Waals surface area contributed by atoms with Crippen LogP contribution in [0, 0.1) is 35.8 Å². The maximum atomic E-state index is 9.81. The van der Waals surface area contributed by atoms with Gasteiger partial charge in [0.2, 0.25) is 0 Å². The number of benzene rings is 1. The number of hydrogen-bond acceptors (Lipinski definition) is 6. The van der Waals surface area contributed by atoms with Crippen LogP contribution in [0.3, 0.4) is 0 Å². The highest BCUT2D eigenvalue weighted by Gasteiger charge is 2.25. The highest BCUT2D eigenvalue weighted by molar-refractivity contribution is 14.1. The Balaban J connectivity index is 2.30. The lowest BCUT2D eigenvalue weighted by molar-refractivity contribution is 0.411. The standard InChI is InChI=1S/C19H16IN5OS/c1-8-5-6-12(26-4)9(2)14(8)25-15-13(11(7-21)18(25)22)17(20)24-19-16(15)27-10(3)23-19/h5-6H,22H2,1-4H3. The van der Waals surface area contributed by atoms with E-state index in [-0.39, 0.29) is 0 Å². The number of hydrogen-bond donors (Lipinski definition) is 1.